The minimum absolute atomic E-state index is 0.474. The molecule has 0 aromatic carbocycles. The van der Waals surface area contributed by atoms with Gasteiger partial charge in [-0.2, -0.15) is 0 Å². The van der Waals surface area contributed by atoms with Crippen molar-refractivity contribution in [3.63, 3.8) is 0 Å². The zero-order valence-corrected chi connectivity index (χ0v) is 10.1. The van der Waals surface area contributed by atoms with E-state index < -0.39 is 5.97 Å². The van der Waals surface area contributed by atoms with Crippen molar-refractivity contribution in [3.05, 3.63) is 30.2 Å². The van der Waals surface area contributed by atoms with Crippen LogP contribution in [0.15, 0.2) is 33.9 Å². The summed E-state index contributed by atoms with van der Waals surface area (Å²) in [6, 6.07) is 3.51. The first-order valence-electron chi connectivity index (χ1n) is 6.06. The lowest BCUT2D eigenvalue weighted by Gasteiger charge is -2.05. The SMILES string of the molecule is O=C(C=Cc1ccco1)ONC1=NCCCCC1. The van der Waals surface area contributed by atoms with Crippen LogP contribution in [-0.2, 0) is 9.63 Å². The lowest BCUT2D eigenvalue weighted by Crippen LogP contribution is -2.26. The molecule has 5 nitrogen and oxygen atoms in total. The molecule has 1 N–H and O–H groups in total. The highest BCUT2D eigenvalue weighted by molar-refractivity contribution is 5.88. The van der Waals surface area contributed by atoms with Gasteiger partial charge in [0.25, 0.3) is 0 Å². The Morgan fingerprint density at radius 2 is 2.39 bits per heavy atom. The highest BCUT2D eigenvalue weighted by Crippen LogP contribution is 2.06. The van der Waals surface area contributed by atoms with Crippen LogP contribution in [0.5, 0.6) is 0 Å². The van der Waals surface area contributed by atoms with E-state index in [1.165, 1.54) is 12.5 Å². The molecule has 1 aliphatic heterocycles. The van der Waals surface area contributed by atoms with Gasteiger partial charge in [0, 0.05) is 19.0 Å². The lowest BCUT2D eigenvalue weighted by molar-refractivity contribution is -0.141. The largest absolute Gasteiger partial charge is 0.465 e. The van der Waals surface area contributed by atoms with Gasteiger partial charge < -0.3 is 9.25 Å². The Bertz CT molecular complexity index is 435. The second kappa shape index (κ2) is 6.64. The van der Waals surface area contributed by atoms with Crippen LogP contribution in [0.3, 0.4) is 0 Å². The minimum Gasteiger partial charge on any atom is -0.465 e. The number of rotatable bonds is 2. The summed E-state index contributed by atoms with van der Waals surface area (Å²) in [5.74, 6) is 0.879. The number of hydrogen-bond donors (Lipinski definition) is 1. The smallest absolute Gasteiger partial charge is 0.355 e. The maximum atomic E-state index is 11.4. The van der Waals surface area contributed by atoms with E-state index in [1.54, 1.807) is 24.5 Å². The molecule has 2 heterocycles. The molecular weight excluding hydrogens is 232 g/mol. The molecule has 1 aromatic heterocycles. The Labute approximate surface area is 105 Å². The standard InChI is InChI=1S/C13H16N2O3/c16-13(8-7-11-5-4-10-17-11)18-15-12-6-2-1-3-9-14-12/h4-5,7-8,10H,1-3,6,9H2,(H,14,15). The van der Waals surface area contributed by atoms with Crippen LogP contribution in [0.25, 0.3) is 6.08 Å². The molecule has 0 bridgehead atoms. The van der Waals surface area contributed by atoms with Crippen LogP contribution in [0.1, 0.15) is 31.4 Å². The van der Waals surface area contributed by atoms with Crippen LogP contribution < -0.4 is 5.48 Å². The Hall–Kier alpha value is -2.04. The quantitative estimate of drug-likeness (QED) is 0.644. The Morgan fingerprint density at radius 1 is 1.44 bits per heavy atom. The fourth-order valence-corrected chi connectivity index (χ4v) is 1.64. The van der Waals surface area contributed by atoms with Crippen molar-refractivity contribution in [3.8, 4) is 0 Å². The molecule has 0 saturated carbocycles. The topological polar surface area (TPSA) is 63.8 Å². The number of amidine groups is 1. The van der Waals surface area contributed by atoms with E-state index in [4.69, 9.17) is 9.25 Å². The molecule has 96 valence electrons. The van der Waals surface area contributed by atoms with Crippen molar-refractivity contribution >= 4 is 17.9 Å². The van der Waals surface area contributed by atoms with Crippen LogP contribution in [0, 0.1) is 0 Å². The van der Waals surface area contributed by atoms with Gasteiger partial charge in [0.05, 0.1) is 6.26 Å². The summed E-state index contributed by atoms with van der Waals surface area (Å²) in [4.78, 5) is 20.6. The van der Waals surface area contributed by atoms with Gasteiger partial charge in [0.15, 0.2) is 0 Å². The first-order chi connectivity index (χ1) is 8.84. The maximum Gasteiger partial charge on any atom is 0.355 e. The lowest BCUT2D eigenvalue weighted by atomic mass is 10.2. The summed E-state index contributed by atoms with van der Waals surface area (Å²) in [7, 11) is 0. The molecule has 0 saturated heterocycles. The zero-order chi connectivity index (χ0) is 12.6. The average molecular weight is 248 g/mol. The molecule has 0 unspecified atom stereocenters. The third kappa shape index (κ3) is 4.08. The van der Waals surface area contributed by atoms with Crippen molar-refractivity contribution in [2.24, 2.45) is 4.99 Å². The molecule has 5 heteroatoms. The van der Waals surface area contributed by atoms with Crippen molar-refractivity contribution in [2.45, 2.75) is 25.7 Å². The Balaban J connectivity index is 1.76. The van der Waals surface area contributed by atoms with Gasteiger partial charge in [-0.1, -0.05) is 6.42 Å². The Kier molecular flexibility index (Phi) is 4.58. The monoisotopic (exact) mass is 248 g/mol. The Morgan fingerprint density at radius 3 is 3.22 bits per heavy atom. The summed E-state index contributed by atoms with van der Waals surface area (Å²) >= 11 is 0. The molecule has 0 spiro atoms. The van der Waals surface area contributed by atoms with Gasteiger partial charge >= 0.3 is 5.97 Å². The van der Waals surface area contributed by atoms with Crippen molar-refractivity contribution in [2.75, 3.05) is 6.54 Å². The van der Waals surface area contributed by atoms with E-state index in [0.717, 1.165) is 31.6 Å². The van der Waals surface area contributed by atoms with Crippen LogP contribution in [0.2, 0.25) is 0 Å². The molecule has 18 heavy (non-hydrogen) atoms. The maximum absolute atomic E-state index is 11.4. The van der Waals surface area contributed by atoms with E-state index in [0.29, 0.717) is 5.76 Å². The fourth-order valence-electron chi connectivity index (χ4n) is 1.64. The number of carbonyl (C=O) groups is 1. The average Bonchev–Trinajstić information content (AvgIpc) is 2.76. The van der Waals surface area contributed by atoms with Gasteiger partial charge in [-0.3, -0.25) is 4.99 Å². The molecule has 2 rings (SSSR count). The first kappa shape index (κ1) is 12.4. The number of hydrogen-bond acceptors (Lipinski definition) is 5. The molecule has 0 aliphatic carbocycles. The summed E-state index contributed by atoms with van der Waals surface area (Å²) in [5.41, 5.74) is 2.61. The summed E-state index contributed by atoms with van der Waals surface area (Å²) in [5, 5.41) is 0. The van der Waals surface area contributed by atoms with Gasteiger partial charge in [-0.25, -0.2) is 10.3 Å². The number of nitrogens with zero attached hydrogens (tertiary/aromatic N) is 1. The van der Waals surface area contributed by atoms with Crippen LogP contribution >= 0.6 is 0 Å². The van der Waals surface area contributed by atoms with E-state index in [9.17, 15) is 4.79 Å². The normalized spacial score (nSPS) is 16.1. The summed E-state index contributed by atoms with van der Waals surface area (Å²) in [6.07, 6.45) is 8.57. The third-order valence-electron chi connectivity index (χ3n) is 2.57. The van der Waals surface area contributed by atoms with Gasteiger partial charge in [-0.15, -0.1) is 0 Å². The van der Waals surface area contributed by atoms with E-state index in [1.807, 2.05) is 0 Å². The van der Waals surface area contributed by atoms with Crippen molar-refractivity contribution in [1.29, 1.82) is 0 Å². The molecule has 1 aromatic rings. The summed E-state index contributed by atoms with van der Waals surface area (Å²) in [6.45, 7) is 0.794. The van der Waals surface area contributed by atoms with Crippen molar-refractivity contribution < 1.29 is 14.0 Å². The number of furan rings is 1. The first-order valence-corrected chi connectivity index (χ1v) is 6.06. The fraction of sp³-hybridized carbons (Fsp3) is 0.385. The molecular formula is C13H16N2O3. The third-order valence-corrected chi connectivity index (χ3v) is 2.57. The number of nitrogens with one attached hydrogen (secondary N) is 1. The highest BCUT2D eigenvalue weighted by Gasteiger charge is 2.05. The summed E-state index contributed by atoms with van der Waals surface area (Å²) < 4.78 is 5.06. The number of aliphatic imine (C=N–C) groups is 1. The minimum atomic E-state index is -0.474. The molecule has 0 atom stereocenters. The predicted molar refractivity (Wildman–Crippen MR) is 67.7 cm³/mol. The number of carbonyl (C=O) groups excluding carboxylic acids is 1. The highest BCUT2D eigenvalue weighted by atomic mass is 16.7. The molecule has 0 fully saturated rings. The van der Waals surface area contributed by atoms with Crippen LogP contribution in [0.4, 0.5) is 0 Å². The van der Waals surface area contributed by atoms with Crippen LogP contribution in [-0.4, -0.2) is 18.3 Å². The zero-order valence-electron chi connectivity index (χ0n) is 10.1. The van der Waals surface area contributed by atoms with E-state index in [-0.39, 0.29) is 0 Å². The molecule has 1 aliphatic rings. The van der Waals surface area contributed by atoms with Gasteiger partial charge in [0.1, 0.15) is 11.6 Å². The van der Waals surface area contributed by atoms with Gasteiger partial charge in [0.2, 0.25) is 0 Å². The predicted octanol–water partition coefficient (Wildman–Crippen LogP) is 2.31. The number of hydroxylamine groups is 1. The van der Waals surface area contributed by atoms with Gasteiger partial charge in [-0.05, 0) is 31.1 Å². The van der Waals surface area contributed by atoms with E-state index >= 15 is 0 Å². The molecule has 0 radical (unpaired) electrons. The van der Waals surface area contributed by atoms with Crippen molar-refractivity contribution in [1.82, 2.24) is 5.48 Å². The second-order valence-corrected chi connectivity index (χ2v) is 4.01. The van der Waals surface area contributed by atoms with E-state index in [2.05, 4.69) is 10.5 Å². The second-order valence-electron chi connectivity index (χ2n) is 4.01. The molecule has 0 amide bonds.